The third kappa shape index (κ3) is 3.84. The molecule has 1 unspecified atom stereocenters. The van der Waals surface area contributed by atoms with Gasteiger partial charge in [0.15, 0.2) is 6.20 Å². The minimum absolute atomic E-state index is 0.0428. The van der Waals surface area contributed by atoms with Crippen molar-refractivity contribution in [2.75, 3.05) is 6.56 Å². The highest BCUT2D eigenvalue weighted by Gasteiger charge is 2.50. The third-order valence-corrected chi connectivity index (χ3v) is 5.49. The molecule has 1 fully saturated rings. The molecular formula is C17H17F2N2O8P. The molecule has 2 aliphatic heterocycles. The predicted octanol–water partition coefficient (Wildman–Crippen LogP) is 1.66. The van der Waals surface area contributed by atoms with Gasteiger partial charge in [0.25, 0.3) is 5.56 Å². The number of aliphatic hydroxyl groups is 1. The number of aromatic nitrogens is 2. The van der Waals surface area contributed by atoms with Crippen molar-refractivity contribution >= 4 is 7.82 Å². The van der Waals surface area contributed by atoms with E-state index in [2.05, 4.69) is 0 Å². The van der Waals surface area contributed by atoms with Crippen LogP contribution in [0, 0.1) is 12.7 Å². The predicted molar refractivity (Wildman–Crippen MR) is 96.0 cm³/mol. The van der Waals surface area contributed by atoms with Crippen LogP contribution in [0.5, 0.6) is 5.75 Å². The third-order valence-electron chi connectivity index (χ3n) is 4.33. The largest absolute Gasteiger partial charge is 0.530 e. The van der Waals surface area contributed by atoms with Crippen LogP contribution in [0.4, 0.5) is 8.78 Å². The zero-order chi connectivity index (χ0) is 24.4. The van der Waals surface area contributed by atoms with Crippen molar-refractivity contribution in [2.45, 2.75) is 38.1 Å². The summed E-state index contributed by atoms with van der Waals surface area (Å²) in [5, 5.41) is 10.2. The Morgan fingerprint density at radius 3 is 3.07 bits per heavy atom. The summed E-state index contributed by atoms with van der Waals surface area (Å²) in [6.45, 7) is -2.34. The number of alkyl halides is 1. The molecule has 10 nitrogen and oxygen atoms in total. The van der Waals surface area contributed by atoms with E-state index in [4.69, 9.17) is 22.4 Å². The average Bonchev–Trinajstić information content (AvgIpc) is 2.95. The topological polar surface area (TPSA) is 129 Å². The van der Waals surface area contributed by atoms with Gasteiger partial charge in [-0.3, -0.25) is 23.4 Å². The number of rotatable bonds is 4. The fourth-order valence-electron chi connectivity index (χ4n) is 2.91. The van der Waals surface area contributed by atoms with Crippen LogP contribution in [-0.4, -0.2) is 33.2 Å². The van der Waals surface area contributed by atoms with E-state index >= 15 is 4.39 Å². The highest BCUT2D eigenvalue weighted by molar-refractivity contribution is 7.49. The van der Waals surface area contributed by atoms with E-state index in [1.165, 1.54) is 4.98 Å². The number of para-hydroxylation sites is 1. The molecule has 0 spiro atoms. The Labute approximate surface area is 171 Å². The zero-order valence-electron chi connectivity index (χ0n) is 18.3. The van der Waals surface area contributed by atoms with Gasteiger partial charge in [0.1, 0.15) is 18.4 Å². The van der Waals surface area contributed by atoms with E-state index < -0.39 is 56.0 Å². The normalized spacial score (nSPS) is 35.1. The Morgan fingerprint density at radius 1 is 1.53 bits per heavy atom. The molecule has 0 saturated carbocycles. The first-order valence-corrected chi connectivity index (χ1v) is 9.98. The summed E-state index contributed by atoms with van der Waals surface area (Å²) < 4.78 is 86.1. The molecule has 2 aliphatic rings. The molecule has 4 rings (SSSR count). The second-order valence-electron chi connectivity index (χ2n) is 6.56. The van der Waals surface area contributed by atoms with Crippen molar-refractivity contribution in [2.24, 2.45) is 0 Å². The lowest BCUT2D eigenvalue weighted by Crippen LogP contribution is -2.37. The quantitative estimate of drug-likeness (QED) is 0.675. The monoisotopic (exact) mass is 449 g/mol. The van der Waals surface area contributed by atoms with Crippen LogP contribution >= 0.6 is 7.82 Å². The number of aliphatic hydroxyl groups excluding tert-OH is 1. The van der Waals surface area contributed by atoms with Crippen molar-refractivity contribution in [1.82, 2.24) is 9.55 Å². The van der Waals surface area contributed by atoms with Crippen LogP contribution in [0.15, 0.2) is 34.0 Å². The van der Waals surface area contributed by atoms with Crippen LogP contribution in [-0.2, 0) is 25.0 Å². The van der Waals surface area contributed by atoms with Crippen molar-refractivity contribution in [1.29, 1.82) is 0 Å². The molecule has 0 bridgehead atoms. The second kappa shape index (κ2) is 7.40. The Balaban J connectivity index is 1.64. The van der Waals surface area contributed by atoms with E-state index in [9.17, 15) is 23.7 Å². The number of halogens is 2. The van der Waals surface area contributed by atoms with Gasteiger partial charge in [0.05, 0.1) is 16.9 Å². The summed E-state index contributed by atoms with van der Waals surface area (Å²) in [6.07, 6.45) is -6.46. The number of hydrogen-bond acceptors (Lipinski definition) is 8. The molecule has 162 valence electrons. The Morgan fingerprint density at radius 2 is 2.30 bits per heavy atom. The fourth-order valence-corrected chi connectivity index (χ4v) is 4.08. The highest BCUT2D eigenvalue weighted by Crippen LogP contribution is 2.56. The molecule has 1 aromatic carbocycles. The lowest BCUT2D eigenvalue weighted by molar-refractivity contribution is -0.179. The summed E-state index contributed by atoms with van der Waals surface area (Å²) >= 11 is 0. The molecule has 0 radical (unpaired) electrons. The number of ether oxygens (including phenoxy) is 1. The molecule has 2 N–H and O–H groups in total. The molecule has 0 aliphatic carbocycles. The highest BCUT2D eigenvalue weighted by atomic mass is 31.2. The van der Waals surface area contributed by atoms with E-state index in [0.717, 1.165) is 0 Å². The molecular weight excluding hydrogens is 429 g/mol. The standard InChI is InChI=1S/C17H17F2N2O8P/c1-9-3-2-4-10-7-26-30(25,29-13(9)10)27-8-17(19)5-12(22)15(28-17)21-6-11(18)14(23)20-16(21)24/h2-4,6,12,15,22H,5,7-8H2,1H3,(H,20,23,24)/t12-,15-,17+,30?/m1/s1/i8D2,15D. The van der Waals surface area contributed by atoms with Gasteiger partial charge >= 0.3 is 13.5 Å². The van der Waals surface area contributed by atoms with E-state index in [1.807, 2.05) is 0 Å². The summed E-state index contributed by atoms with van der Waals surface area (Å²) in [6, 6.07) is 4.89. The van der Waals surface area contributed by atoms with Crippen LogP contribution in [0.1, 0.15) is 27.9 Å². The number of aromatic amines is 1. The molecule has 2 aromatic rings. The van der Waals surface area contributed by atoms with Gasteiger partial charge in [-0.2, -0.15) is 4.39 Å². The zero-order valence-corrected chi connectivity index (χ0v) is 16.2. The molecule has 1 saturated heterocycles. The average molecular weight is 449 g/mol. The Hall–Kier alpha value is -2.37. The van der Waals surface area contributed by atoms with Gasteiger partial charge in [-0.25, -0.2) is 13.8 Å². The van der Waals surface area contributed by atoms with Crippen molar-refractivity contribution in [3.63, 3.8) is 0 Å². The Bertz CT molecular complexity index is 1290. The number of H-pyrrole nitrogens is 1. The number of hydrogen-bond donors (Lipinski definition) is 2. The maximum atomic E-state index is 15.6. The van der Waals surface area contributed by atoms with Crippen molar-refractivity contribution < 1.29 is 40.9 Å². The molecule has 1 aromatic heterocycles. The van der Waals surface area contributed by atoms with E-state index in [0.29, 0.717) is 11.1 Å². The van der Waals surface area contributed by atoms with Crippen molar-refractivity contribution in [3.8, 4) is 5.75 Å². The molecule has 4 atom stereocenters. The fraction of sp³-hybridized carbons (Fsp3) is 0.412. The van der Waals surface area contributed by atoms with Gasteiger partial charge in [0, 0.05) is 12.0 Å². The van der Waals surface area contributed by atoms with Gasteiger partial charge in [-0.05, 0) is 12.5 Å². The number of nitrogens with one attached hydrogen (secondary N) is 1. The van der Waals surface area contributed by atoms with Crippen LogP contribution < -0.4 is 15.8 Å². The number of phosphoric acid groups is 1. The molecule has 0 amide bonds. The SMILES string of the molecule is [2H]C([2H])(OP1(=O)OCc2cccc(C)c2O1)[C@]1(F)C[C@@H](O)[C@]([2H])(n2cc(F)c(=O)[nH]c2=O)O1. The second-order valence-corrected chi connectivity index (χ2v) is 8.08. The number of fused-ring (bicyclic) bond motifs is 1. The number of aryl methyl sites for hydroxylation is 1. The number of nitrogens with zero attached hydrogens (tertiary/aromatic N) is 1. The number of phosphoric ester groups is 1. The van der Waals surface area contributed by atoms with Crippen molar-refractivity contribution in [3.05, 3.63) is 62.2 Å². The van der Waals surface area contributed by atoms with Gasteiger partial charge in [0.2, 0.25) is 11.7 Å². The lowest BCUT2D eigenvalue weighted by Gasteiger charge is -2.28. The van der Waals surface area contributed by atoms with Gasteiger partial charge < -0.3 is 14.4 Å². The summed E-state index contributed by atoms with van der Waals surface area (Å²) in [5.41, 5.74) is -1.86. The van der Waals surface area contributed by atoms with E-state index in [1.54, 1.807) is 25.1 Å². The van der Waals surface area contributed by atoms with Gasteiger partial charge in [-0.15, -0.1) is 0 Å². The summed E-state index contributed by atoms with van der Waals surface area (Å²) in [4.78, 5) is 24.7. The Kier molecular flexibility index (Phi) is 4.27. The molecule has 30 heavy (non-hydrogen) atoms. The first kappa shape index (κ1) is 17.3. The molecule has 13 heteroatoms. The minimum atomic E-state index is -4.76. The summed E-state index contributed by atoms with van der Waals surface area (Å²) in [7, 11) is -4.76. The van der Waals surface area contributed by atoms with Gasteiger partial charge in [-0.1, -0.05) is 18.2 Å². The smallest absolute Gasteiger partial charge is 0.403 e. The first-order valence-electron chi connectivity index (χ1n) is 10.0. The number of benzene rings is 1. The van der Waals surface area contributed by atoms with Crippen LogP contribution in [0.2, 0.25) is 0 Å². The minimum Gasteiger partial charge on any atom is -0.403 e. The van der Waals surface area contributed by atoms with Crippen LogP contribution in [0.3, 0.4) is 0 Å². The van der Waals surface area contributed by atoms with E-state index in [-0.39, 0.29) is 23.1 Å². The molecule has 3 heterocycles. The maximum absolute atomic E-state index is 15.6. The first-order chi connectivity index (χ1) is 15.2. The maximum Gasteiger partial charge on any atom is 0.530 e. The summed E-state index contributed by atoms with van der Waals surface area (Å²) in [5.74, 6) is -5.14. The lowest BCUT2D eigenvalue weighted by atomic mass is 10.1. The van der Waals surface area contributed by atoms with Crippen LogP contribution in [0.25, 0.3) is 0 Å².